The lowest BCUT2D eigenvalue weighted by atomic mass is 10.0. The summed E-state index contributed by atoms with van der Waals surface area (Å²) in [6.07, 6.45) is 4.14. The van der Waals surface area contributed by atoms with Gasteiger partial charge >= 0.3 is 0 Å². The van der Waals surface area contributed by atoms with Gasteiger partial charge in [0.15, 0.2) is 0 Å². The largest absolute Gasteiger partial charge is 0.496 e. The molecule has 28 heavy (non-hydrogen) atoms. The van der Waals surface area contributed by atoms with Crippen molar-refractivity contribution in [3.05, 3.63) is 83.2 Å². The number of fused-ring (bicyclic) bond motifs is 1. The molecule has 0 fully saturated rings. The van der Waals surface area contributed by atoms with Gasteiger partial charge in [0.05, 0.1) is 12.7 Å². The van der Waals surface area contributed by atoms with Gasteiger partial charge in [0.25, 0.3) is 5.91 Å². The van der Waals surface area contributed by atoms with E-state index in [1.54, 1.807) is 19.5 Å². The monoisotopic (exact) mass is 374 g/mol. The molecule has 0 radical (unpaired) electrons. The fourth-order valence-corrected chi connectivity index (χ4v) is 3.39. The first-order valence-electron chi connectivity index (χ1n) is 9.28. The summed E-state index contributed by atoms with van der Waals surface area (Å²) < 4.78 is 5.31. The van der Waals surface area contributed by atoms with Crippen molar-refractivity contribution in [2.75, 3.05) is 18.6 Å². The zero-order chi connectivity index (χ0) is 19.3. The molecule has 4 rings (SSSR count). The van der Waals surface area contributed by atoms with E-state index < -0.39 is 0 Å². The Morgan fingerprint density at radius 1 is 1.07 bits per heavy atom. The number of anilines is 1. The van der Waals surface area contributed by atoms with Gasteiger partial charge < -0.3 is 15.0 Å². The molecule has 2 aromatic carbocycles. The highest BCUT2D eigenvalue weighted by atomic mass is 16.5. The molecule has 0 atom stereocenters. The fourth-order valence-electron chi connectivity index (χ4n) is 3.39. The van der Waals surface area contributed by atoms with Crippen LogP contribution < -0.4 is 15.0 Å². The van der Waals surface area contributed by atoms with Crippen molar-refractivity contribution in [3.63, 3.8) is 0 Å². The topological polar surface area (TPSA) is 67.3 Å². The first-order valence-corrected chi connectivity index (χ1v) is 9.28. The molecule has 0 aliphatic carbocycles. The molecule has 1 aliphatic heterocycles. The molecule has 3 aromatic rings. The van der Waals surface area contributed by atoms with Gasteiger partial charge in [0.1, 0.15) is 5.75 Å². The van der Waals surface area contributed by atoms with Crippen LogP contribution in [0.1, 0.15) is 27.0 Å². The maximum Gasteiger partial charge on any atom is 0.254 e. The van der Waals surface area contributed by atoms with Gasteiger partial charge in [-0.1, -0.05) is 42.5 Å². The summed E-state index contributed by atoms with van der Waals surface area (Å²) in [5.41, 5.74) is 4.04. The minimum absolute atomic E-state index is 0.207. The van der Waals surface area contributed by atoms with Crippen molar-refractivity contribution in [2.45, 2.75) is 19.5 Å². The Balaban J connectivity index is 1.40. The van der Waals surface area contributed by atoms with Crippen LogP contribution in [-0.4, -0.2) is 29.5 Å². The summed E-state index contributed by atoms with van der Waals surface area (Å²) in [6, 6.07) is 16.0. The molecular weight excluding hydrogens is 352 g/mol. The normalized spacial score (nSPS) is 13.0. The van der Waals surface area contributed by atoms with Crippen LogP contribution in [0.15, 0.2) is 60.9 Å². The minimum Gasteiger partial charge on any atom is -0.496 e. The second-order valence-electron chi connectivity index (χ2n) is 6.71. The maximum absolute atomic E-state index is 12.4. The zero-order valence-electron chi connectivity index (χ0n) is 15.8. The Kier molecular flexibility index (Phi) is 5.19. The number of aromatic nitrogens is 2. The molecule has 0 spiro atoms. The first kappa shape index (κ1) is 18.0. The Bertz CT molecular complexity index is 972. The highest BCUT2D eigenvalue weighted by Crippen LogP contribution is 2.21. The van der Waals surface area contributed by atoms with Crippen molar-refractivity contribution < 1.29 is 9.53 Å². The van der Waals surface area contributed by atoms with Gasteiger partial charge in [-0.2, -0.15) is 0 Å². The number of carbonyl (C=O) groups is 1. The number of rotatable bonds is 5. The molecule has 1 amide bonds. The van der Waals surface area contributed by atoms with E-state index in [4.69, 9.17) is 4.74 Å². The number of hydrogen-bond donors (Lipinski definition) is 1. The summed E-state index contributed by atoms with van der Waals surface area (Å²) in [5, 5.41) is 2.89. The molecule has 1 aromatic heterocycles. The third kappa shape index (κ3) is 3.81. The molecule has 1 aliphatic rings. The lowest BCUT2D eigenvalue weighted by Gasteiger charge is -2.28. The van der Waals surface area contributed by atoms with Crippen LogP contribution in [-0.2, 0) is 19.5 Å². The third-order valence-electron chi connectivity index (χ3n) is 4.95. The van der Waals surface area contributed by atoms with Crippen molar-refractivity contribution >= 4 is 11.9 Å². The third-order valence-corrected chi connectivity index (χ3v) is 4.95. The van der Waals surface area contributed by atoms with Crippen molar-refractivity contribution in [1.29, 1.82) is 0 Å². The summed E-state index contributed by atoms with van der Waals surface area (Å²) in [4.78, 5) is 23.4. The fraction of sp³-hybridized carbons (Fsp3) is 0.227. The summed E-state index contributed by atoms with van der Waals surface area (Å²) in [7, 11) is 1.62. The van der Waals surface area contributed by atoms with E-state index in [2.05, 4.69) is 44.5 Å². The molecule has 0 saturated carbocycles. The average molecular weight is 374 g/mol. The van der Waals surface area contributed by atoms with Gasteiger partial charge in [-0.3, -0.25) is 4.79 Å². The van der Waals surface area contributed by atoms with Crippen LogP contribution in [0, 0.1) is 0 Å². The smallest absolute Gasteiger partial charge is 0.254 e. The Labute approximate surface area is 164 Å². The first-order chi connectivity index (χ1) is 13.7. The second-order valence-corrected chi connectivity index (χ2v) is 6.71. The van der Waals surface area contributed by atoms with Crippen molar-refractivity contribution in [3.8, 4) is 5.75 Å². The highest BCUT2D eigenvalue weighted by molar-refractivity contribution is 5.93. The van der Waals surface area contributed by atoms with Crippen LogP contribution in [0.2, 0.25) is 0 Å². The van der Waals surface area contributed by atoms with E-state index in [0.717, 1.165) is 30.8 Å². The minimum atomic E-state index is -0.207. The van der Waals surface area contributed by atoms with Crippen LogP contribution in [0.25, 0.3) is 0 Å². The number of benzene rings is 2. The molecule has 0 bridgehead atoms. The number of carbonyl (C=O) groups excluding carboxylic acids is 1. The molecule has 0 saturated heterocycles. The van der Waals surface area contributed by atoms with E-state index in [1.165, 1.54) is 11.1 Å². The summed E-state index contributed by atoms with van der Waals surface area (Å²) >= 11 is 0. The predicted octanol–water partition coefficient (Wildman–Crippen LogP) is 2.98. The Hall–Kier alpha value is -3.41. The van der Waals surface area contributed by atoms with Gasteiger partial charge in [-0.05, 0) is 23.6 Å². The van der Waals surface area contributed by atoms with Crippen molar-refractivity contribution in [1.82, 2.24) is 15.3 Å². The molecule has 142 valence electrons. The number of hydrogen-bond acceptors (Lipinski definition) is 5. The van der Waals surface area contributed by atoms with Gasteiger partial charge in [-0.25, -0.2) is 9.97 Å². The number of ether oxygens (including phenoxy) is 1. The summed E-state index contributed by atoms with van der Waals surface area (Å²) in [6.45, 7) is 2.04. The average Bonchev–Trinajstić information content (AvgIpc) is 2.77. The van der Waals surface area contributed by atoms with E-state index in [1.807, 2.05) is 24.3 Å². The molecular formula is C22H22N4O2. The van der Waals surface area contributed by atoms with Gasteiger partial charge in [-0.15, -0.1) is 0 Å². The molecule has 6 heteroatoms. The highest BCUT2D eigenvalue weighted by Gasteiger charge is 2.18. The maximum atomic E-state index is 12.4. The number of nitrogens with zero attached hydrogens (tertiary/aromatic N) is 3. The SMILES string of the molecule is COc1ccccc1CNC(=O)c1cnc(N2CCc3ccccc3C2)nc1. The number of para-hydroxylation sites is 1. The number of amides is 1. The molecule has 6 nitrogen and oxygen atoms in total. The lowest BCUT2D eigenvalue weighted by Crippen LogP contribution is -2.32. The Morgan fingerprint density at radius 3 is 2.57 bits per heavy atom. The second kappa shape index (κ2) is 8.08. The van der Waals surface area contributed by atoms with Gasteiger partial charge in [0.2, 0.25) is 5.95 Å². The van der Waals surface area contributed by atoms with E-state index in [-0.39, 0.29) is 5.91 Å². The number of methoxy groups -OCH3 is 1. The molecule has 2 heterocycles. The number of nitrogens with one attached hydrogen (secondary N) is 1. The van der Waals surface area contributed by atoms with Crippen LogP contribution in [0.3, 0.4) is 0 Å². The molecule has 0 unspecified atom stereocenters. The zero-order valence-corrected chi connectivity index (χ0v) is 15.8. The summed E-state index contributed by atoms with van der Waals surface area (Å²) in [5.74, 6) is 1.19. The lowest BCUT2D eigenvalue weighted by molar-refractivity contribution is 0.0950. The Morgan fingerprint density at radius 2 is 1.79 bits per heavy atom. The van der Waals surface area contributed by atoms with E-state index in [0.29, 0.717) is 18.1 Å². The van der Waals surface area contributed by atoms with E-state index in [9.17, 15) is 4.79 Å². The van der Waals surface area contributed by atoms with Gasteiger partial charge in [0, 0.05) is 37.6 Å². The van der Waals surface area contributed by atoms with Crippen LogP contribution in [0.5, 0.6) is 5.75 Å². The van der Waals surface area contributed by atoms with E-state index >= 15 is 0 Å². The quantitative estimate of drug-likeness (QED) is 0.744. The molecule has 1 N–H and O–H groups in total. The van der Waals surface area contributed by atoms with Crippen LogP contribution in [0.4, 0.5) is 5.95 Å². The van der Waals surface area contributed by atoms with Crippen LogP contribution >= 0.6 is 0 Å². The standard InChI is InChI=1S/C22H22N4O2/c1-28-20-9-5-4-7-17(20)12-23-21(27)19-13-24-22(25-14-19)26-11-10-16-6-2-3-8-18(16)15-26/h2-9,13-14H,10-12,15H2,1H3,(H,23,27). The predicted molar refractivity (Wildman–Crippen MR) is 107 cm³/mol. The van der Waals surface area contributed by atoms with Crippen molar-refractivity contribution in [2.24, 2.45) is 0 Å².